The van der Waals surface area contributed by atoms with Gasteiger partial charge in [-0.15, -0.1) is 5.10 Å². The van der Waals surface area contributed by atoms with Gasteiger partial charge in [0.25, 0.3) is 0 Å². The molecule has 26 heavy (non-hydrogen) atoms. The molecule has 0 amide bonds. The van der Waals surface area contributed by atoms with Crippen LogP contribution in [0.4, 0.5) is 13.2 Å². The summed E-state index contributed by atoms with van der Waals surface area (Å²) in [5.74, 6) is -1.33. The Kier molecular flexibility index (Phi) is 3.67. The molecule has 0 aliphatic carbocycles. The summed E-state index contributed by atoms with van der Waals surface area (Å²) in [7, 11) is 0. The van der Waals surface area contributed by atoms with Crippen LogP contribution in [0.1, 0.15) is 0 Å². The summed E-state index contributed by atoms with van der Waals surface area (Å²) in [5, 5.41) is 3.88. The number of alkyl halides is 3. The van der Waals surface area contributed by atoms with Gasteiger partial charge in [-0.05, 0) is 24.3 Å². The van der Waals surface area contributed by atoms with Crippen molar-refractivity contribution in [3.8, 4) is 28.8 Å². The number of fused-ring (bicyclic) bond motifs is 2. The number of benzene rings is 1. The summed E-state index contributed by atoms with van der Waals surface area (Å²) in [4.78, 5) is 14.6. The second-order valence-corrected chi connectivity index (χ2v) is 5.31. The number of ether oxygens (including phenoxy) is 3. The van der Waals surface area contributed by atoms with Crippen molar-refractivity contribution in [2.45, 2.75) is 6.18 Å². The molecule has 0 saturated carbocycles. The molecule has 0 radical (unpaired) electrons. The van der Waals surface area contributed by atoms with Crippen molar-refractivity contribution in [2.24, 2.45) is 0 Å². The minimum atomic E-state index is -5.14. The van der Waals surface area contributed by atoms with Gasteiger partial charge < -0.3 is 14.2 Å². The molecule has 7 nitrogen and oxygen atoms in total. The summed E-state index contributed by atoms with van der Waals surface area (Å²) in [6.45, 7) is 0.793. The van der Waals surface area contributed by atoms with E-state index in [9.17, 15) is 18.0 Å². The Labute approximate surface area is 143 Å². The van der Waals surface area contributed by atoms with Crippen LogP contribution in [0.15, 0.2) is 36.5 Å². The maximum absolute atomic E-state index is 12.4. The molecule has 4 rings (SSSR count). The molecule has 1 aliphatic rings. The standard InChI is InChI=1S/C16H10F3N3O4/c17-16(18,19)14(23)26-15-20-8-9-4-5-11(22(9)21-15)10-2-1-3-12-13(10)25-7-6-24-12/h1-5,8H,6-7H2. The van der Waals surface area contributed by atoms with Gasteiger partial charge in [0.15, 0.2) is 11.5 Å². The largest absolute Gasteiger partial charge is 0.491 e. The molecule has 1 aliphatic heterocycles. The van der Waals surface area contributed by atoms with Crippen LogP contribution < -0.4 is 14.2 Å². The minimum absolute atomic E-state index is 0.372. The molecule has 134 valence electrons. The predicted molar refractivity (Wildman–Crippen MR) is 81.1 cm³/mol. The van der Waals surface area contributed by atoms with Gasteiger partial charge >= 0.3 is 18.2 Å². The van der Waals surface area contributed by atoms with Crippen molar-refractivity contribution < 1.29 is 32.2 Å². The van der Waals surface area contributed by atoms with E-state index >= 15 is 0 Å². The van der Waals surface area contributed by atoms with Gasteiger partial charge in [0, 0.05) is 5.56 Å². The molecule has 10 heteroatoms. The van der Waals surface area contributed by atoms with Crippen LogP contribution in [-0.2, 0) is 4.79 Å². The topological polar surface area (TPSA) is 75.0 Å². The third kappa shape index (κ3) is 2.79. The fourth-order valence-electron chi connectivity index (χ4n) is 2.55. The Bertz CT molecular complexity index is 1000. The summed E-state index contributed by atoms with van der Waals surface area (Å²) in [6, 6.07) is 7.94. The lowest BCUT2D eigenvalue weighted by atomic mass is 10.1. The van der Waals surface area contributed by atoms with Crippen LogP contribution in [-0.4, -0.2) is 40.0 Å². The van der Waals surface area contributed by atoms with Gasteiger partial charge in [-0.3, -0.25) is 0 Å². The lowest BCUT2D eigenvalue weighted by Crippen LogP contribution is -2.28. The van der Waals surface area contributed by atoms with Crippen LogP contribution in [0.5, 0.6) is 17.5 Å². The third-order valence-electron chi connectivity index (χ3n) is 3.64. The van der Waals surface area contributed by atoms with Crippen molar-refractivity contribution in [1.29, 1.82) is 0 Å². The molecule has 0 bridgehead atoms. The molecule has 3 aromatic rings. The number of halogens is 3. The Morgan fingerprint density at radius 2 is 1.96 bits per heavy atom. The maximum atomic E-state index is 12.4. The molecular formula is C16H10F3N3O4. The van der Waals surface area contributed by atoms with Gasteiger partial charge in [-0.2, -0.15) is 18.2 Å². The van der Waals surface area contributed by atoms with Crippen LogP contribution >= 0.6 is 0 Å². The van der Waals surface area contributed by atoms with E-state index in [4.69, 9.17) is 9.47 Å². The number of nitrogens with zero attached hydrogens (tertiary/aromatic N) is 3. The van der Waals surface area contributed by atoms with E-state index in [1.54, 1.807) is 30.3 Å². The number of esters is 1. The van der Waals surface area contributed by atoms with Crippen molar-refractivity contribution in [3.05, 3.63) is 36.5 Å². The van der Waals surface area contributed by atoms with Crippen molar-refractivity contribution in [1.82, 2.24) is 14.6 Å². The first-order valence-electron chi connectivity index (χ1n) is 7.46. The zero-order valence-electron chi connectivity index (χ0n) is 13.0. The Balaban J connectivity index is 1.78. The summed E-state index contributed by atoms with van der Waals surface area (Å²) >= 11 is 0. The molecule has 0 unspecified atom stereocenters. The molecule has 0 N–H and O–H groups in total. The number of rotatable bonds is 2. The Hall–Kier alpha value is -3.30. The van der Waals surface area contributed by atoms with E-state index in [0.29, 0.717) is 41.5 Å². The first-order valence-corrected chi connectivity index (χ1v) is 7.46. The van der Waals surface area contributed by atoms with E-state index in [1.807, 2.05) is 0 Å². The van der Waals surface area contributed by atoms with E-state index in [-0.39, 0.29) is 0 Å². The molecule has 0 fully saturated rings. The average Bonchev–Trinajstić information content (AvgIpc) is 3.03. The summed E-state index contributed by atoms with van der Waals surface area (Å²) in [6.07, 6.45) is -3.89. The normalized spacial score (nSPS) is 13.7. The molecular weight excluding hydrogens is 355 g/mol. The highest BCUT2D eigenvalue weighted by Crippen LogP contribution is 2.40. The molecule has 0 spiro atoms. The highest BCUT2D eigenvalue weighted by atomic mass is 19.4. The highest BCUT2D eigenvalue weighted by Gasteiger charge is 2.42. The molecule has 0 saturated heterocycles. The maximum Gasteiger partial charge on any atom is 0.491 e. The lowest BCUT2D eigenvalue weighted by Gasteiger charge is -2.20. The SMILES string of the molecule is O=C(Oc1ncc2ccc(-c3cccc4c3OCCO4)n2n1)C(F)(F)F. The summed E-state index contributed by atoms with van der Waals surface area (Å²) < 4.78 is 53.8. The first-order chi connectivity index (χ1) is 12.4. The zero-order valence-corrected chi connectivity index (χ0v) is 13.0. The quantitative estimate of drug-likeness (QED) is 0.650. The fraction of sp³-hybridized carbons (Fsp3) is 0.188. The molecule has 1 aromatic carbocycles. The van der Waals surface area contributed by atoms with E-state index in [1.165, 1.54) is 10.7 Å². The van der Waals surface area contributed by atoms with Crippen LogP contribution in [0.3, 0.4) is 0 Å². The van der Waals surface area contributed by atoms with E-state index < -0.39 is 18.2 Å². The number of hydrogen-bond donors (Lipinski definition) is 0. The molecule has 3 heterocycles. The number of carbonyl (C=O) groups is 1. The molecule has 2 aromatic heterocycles. The van der Waals surface area contributed by atoms with E-state index in [0.717, 1.165) is 0 Å². The van der Waals surface area contributed by atoms with Crippen LogP contribution in [0.25, 0.3) is 16.8 Å². The van der Waals surface area contributed by atoms with Crippen molar-refractivity contribution in [3.63, 3.8) is 0 Å². The number of carbonyl (C=O) groups excluding carboxylic acids is 1. The van der Waals surface area contributed by atoms with Gasteiger partial charge in [-0.1, -0.05) is 6.07 Å². The molecule has 0 atom stereocenters. The minimum Gasteiger partial charge on any atom is -0.486 e. The van der Waals surface area contributed by atoms with Gasteiger partial charge in [0.05, 0.1) is 17.4 Å². The number of hydrogen-bond acceptors (Lipinski definition) is 6. The Morgan fingerprint density at radius 3 is 2.77 bits per heavy atom. The third-order valence-corrected chi connectivity index (χ3v) is 3.64. The smallest absolute Gasteiger partial charge is 0.486 e. The fourth-order valence-corrected chi connectivity index (χ4v) is 2.55. The zero-order chi connectivity index (χ0) is 18.3. The van der Waals surface area contributed by atoms with Gasteiger partial charge in [0.1, 0.15) is 13.2 Å². The van der Waals surface area contributed by atoms with E-state index in [2.05, 4.69) is 14.8 Å². The second kappa shape index (κ2) is 5.90. The van der Waals surface area contributed by atoms with Crippen LogP contribution in [0, 0.1) is 0 Å². The van der Waals surface area contributed by atoms with Gasteiger partial charge in [-0.25, -0.2) is 9.31 Å². The Morgan fingerprint density at radius 1 is 1.15 bits per heavy atom. The average molecular weight is 365 g/mol. The predicted octanol–water partition coefficient (Wildman–Crippen LogP) is 2.64. The highest BCUT2D eigenvalue weighted by molar-refractivity contribution is 5.78. The first kappa shape index (κ1) is 16.2. The van der Waals surface area contributed by atoms with Crippen LogP contribution in [0.2, 0.25) is 0 Å². The second-order valence-electron chi connectivity index (χ2n) is 5.31. The monoisotopic (exact) mass is 365 g/mol. The van der Waals surface area contributed by atoms with Crippen molar-refractivity contribution in [2.75, 3.05) is 13.2 Å². The number of para-hydroxylation sites is 1. The lowest BCUT2D eigenvalue weighted by molar-refractivity contribution is -0.190. The van der Waals surface area contributed by atoms with Crippen molar-refractivity contribution >= 4 is 11.5 Å². The van der Waals surface area contributed by atoms with Gasteiger partial charge in [0.2, 0.25) is 0 Å². The number of aromatic nitrogens is 3. The summed E-state index contributed by atoms with van der Waals surface area (Å²) in [5.41, 5.74) is 1.66.